The highest BCUT2D eigenvalue weighted by Gasteiger charge is 2.24. The normalized spacial score (nSPS) is 14.0. The van der Waals surface area contributed by atoms with Gasteiger partial charge in [-0.2, -0.15) is 0 Å². The van der Waals surface area contributed by atoms with E-state index < -0.39 is 12.1 Å². The van der Waals surface area contributed by atoms with E-state index in [2.05, 4.69) is 15.4 Å². The first-order valence-corrected chi connectivity index (χ1v) is 4.62. The Kier molecular flexibility index (Phi) is 5.67. The van der Waals surface area contributed by atoms with Crippen LogP contribution in [0.2, 0.25) is 0 Å². The molecule has 0 saturated carbocycles. The summed E-state index contributed by atoms with van der Waals surface area (Å²) in [4.78, 5) is 22.3. The van der Waals surface area contributed by atoms with Gasteiger partial charge in [0.1, 0.15) is 6.04 Å². The van der Waals surface area contributed by atoms with Gasteiger partial charge in [-0.3, -0.25) is 4.79 Å². The predicted molar refractivity (Wildman–Crippen MR) is 52.9 cm³/mol. The SMILES string of the molecule is CCC(C)C(NC(=O)OC)C(=O)NC. The molecule has 0 aromatic carbocycles. The Morgan fingerprint density at radius 1 is 1.43 bits per heavy atom. The smallest absolute Gasteiger partial charge is 0.407 e. The standard InChI is InChI=1S/C9H18N2O3/c1-5-6(2)7(8(12)10-3)11-9(13)14-4/h6-7H,5H2,1-4H3,(H,10,12)(H,11,13). The van der Waals surface area contributed by atoms with Crippen LogP contribution in [0.15, 0.2) is 0 Å². The molecular weight excluding hydrogens is 184 g/mol. The summed E-state index contributed by atoms with van der Waals surface area (Å²) in [6.07, 6.45) is 0.223. The van der Waals surface area contributed by atoms with E-state index in [1.54, 1.807) is 0 Å². The molecule has 0 aliphatic carbocycles. The van der Waals surface area contributed by atoms with Crippen LogP contribution in [-0.4, -0.2) is 32.2 Å². The molecule has 0 heterocycles. The molecule has 0 fully saturated rings. The molecule has 0 spiro atoms. The van der Waals surface area contributed by atoms with Gasteiger partial charge in [0.15, 0.2) is 0 Å². The van der Waals surface area contributed by atoms with Crippen molar-refractivity contribution in [2.45, 2.75) is 26.3 Å². The highest BCUT2D eigenvalue weighted by atomic mass is 16.5. The van der Waals surface area contributed by atoms with Gasteiger partial charge in [0.05, 0.1) is 7.11 Å². The zero-order chi connectivity index (χ0) is 11.1. The minimum absolute atomic E-state index is 0.0778. The van der Waals surface area contributed by atoms with Gasteiger partial charge in [0.2, 0.25) is 5.91 Å². The summed E-state index contributed by atoms with van der Waals surface area (Å²) in [7, 11) is 2.81. The molecule has 2 atom stereocenters. The monoisotopic (exact) mass is 202 g/mol. The first kappa shape index (κ1) is 12.7. The van der Waals surface area contributed by atoms with Crippen LogP contribution in [0.4, 0.5) is 4.79 Å². The van der Waals surface area contributed by atoms with E-state index in [-0.39, 0.29) is 11.8 Å². The Morgan fingerprint density at radius 2 is 2.00 bits per heavy atom. The number of hydrogen-bond acceptors (Lipinski definition) is 3. The van der Waals surface area contributed by atoms with Gasteiger partial charge in [-0.1, -0.05) is 20.3 Å². The van der Waals surface area contributed by atoms with Gasteiger partial charge in [0.25, 0.3) is 0 Å². The summed E-state index contributed by atoms with van der Waals surface area (Å²) in [5.74, 6) is -0.126. The van der Waals surface area contributed by atoms with Gasteiger partial charge in [-0.05, 0) is 5.92 Å². The quantitative estimate of drug-likeness (QED) is 0.697. The maximum Gasteiger partial charge on any atom is 0.407 e. The molecule has 5 heteroatoms. The average molecular weight is 202 g/mol. The van der Waals surface area contributed by atoms with Crippen molar-refractivity contribution in [1.29, 1.82) is 0 Å². The van der Waals surface area contributed by atoms with E-state index in [0.717, 1.165) is 6.42 Å². The third-order valence-electron chi connectivity index (χ3n) is 2.20. The van der Waals surface area contributed by atoms with Crippen molar-refractivity contribution in [3.05, 3.63) is 0 Å². The van der Waals surface area contributed by atoms with Gasteiger partial charge >= 0.3 is 6.09 Å². The lowest BCUT2D eigenvalue weighted by molar-refractivity contribution is -0.123. The molecule has 2 amide bonds. The van der Waals surface area contributed by atoms with Gasteiger partial charge in [0, 0.05) is 7.05 Å². The first-order valence-electron chi connectivity index (χ1n) is 4.62. The van der Waals surface area contributed by atoms with Crippen LogP contribution in [0.25, 0.3) is 0 Å². The Bertz CT molecular complexity index is 206. The number of carbonyl (C=O) groups is 2. The van der Waals surface area contributed by atoms with Crippen molar-refractivity contribution < 1.29 is 14.3 Å². The molecule has 0 aliphatic rings. The van der Waals surface area contributed by atoms with E-state index >= 15 is 0 Å². The molecule has 82 valence electrons. The summed E-state index contributed by atoms with van der Waals surface area (Å²) in [5.41, 5.74) is 0. The Labute approximate surface area is 84.2 Å². The third kappa shape index (κ3) is 3.64. The maximum absolute atomic E-state index is 11.4. The summed E-state index contributed by atoms with van der Waals surface area (Å²) in [6, 6.07) is -0.530. The number of nitrogens with one attached hydrogen (secondary N) is 2. The van der Waals surface area contributed by atoms with Crippen LogP contribution in [0.1, 0.15) is 20.3 Å². The second-order valence-corrected chi connectivity index (χ2v) is 3.11. The predicted octanol–water partition coefficient (Wildman–Crippen LogP) is 0.503. The molecule has 0 aromatic heterocycles. The second kappa shape index (κ2) is 6.23. The zero-order valence-electron chi connectivity index (χ0n) is 9.09. The van der Waals surface area contributed by atoms with Gasteiger partial charge < -0.3 is 15.4 Å². The Hall–Kier alpha value is -1.26. The number of alkyl carbamates (subject to hydrolysis) is 1. The third-order valence-corrected chi connectivity index (χ3v) is 2.20. The van der Waals surface area contributed by atoms with Crippen LogP contribution < -0.4 is 10.6 Å². The van der Waals surface area contributed by atoms with Crippen molar-refractivity contribution in [3.8, 4) is 0 Å². The van der Waals surface area contributed by atoms with Crippen LogP contribution >= 0.6 is 0 Å². The fraction of sp³-hybridized carbons (Fsp3) is 0.778. The summed E-state index contributed by atoms with van der Waals surface area (Å²) >= 11 is 0. The molecular formula is C9H18N2O3. The number of likely N-dealkylation sites (N-methyl/N-ethyl adjacent to an activating group) is 1. The van der Waals surface area contributed by atoms with Crippen molar-refractivity contribution in [2.75, 3.05) is 14.2 Å². The lowest BCUT2D eigenvalue weighted by atomic mass is 9.99. The summed E-state index contributed by atoms with van der Waals surface area (Å²) in [6.45, 7) is 3.86. The number of ether oxygens (including phenoxy) is 1. The van der Waals surface area contributed by atoms with Crippen molar-refractivity contribution in [3.63, 3.8) is 0 Å². The maximum atomic E-state index is 11.4. The fourth-order valence-corrected chi connectivity index (χ4v) is 1.04. The number of carbonyl (C=O) groups excluding carboxylic acids is 2. The van der Waals surface area contributed by atoms with Crippen LogP contribution in [0.3, 0.4) is 0 Å². The Morgan fingerprint density at radius 3 is 2.36 bits per heavy atom. The first-order chi connectivity index (χ1) is 6.56. The molecule has 14 heavy (non-hydrogen) atoms. The molecule has 0 rings (SSSR count). The number of hydrogen-bond donors (Lipinski definition) is 2. The van der Waals surface area contributed by atoms with E-state index in [1.807, 2.05) is 13.8 Å². The molecule has 0 saturated heterocycles. The van der Waals surface area contributed by atoms with Crippen molar-refractivity contribution >= 4 is 12.0 Å². The van der Waals surface area contributed by atoms with Crippen LogP contribution in [0.5, 0.6) is 0 Å². The minimum atomic E-state index is -0.584. The lowest BCUT2D eigenvalue weighted by Crippen LogP contribution is -2.49. The lowest BCUT2D eigenvalue weighted by Gasteiger charge is -2.21. The highest BCUT2D eigenvalue weighted by Crippen LogP contribution is 2.07. The van der Waals surface area contributed by atoms with Crippen molar-refractivity contribution in [2.24, 2.45) is 5.92 Å². The topological polar surface area (TPSA) is 67.4 Å². The number of amides is 2. The number of rotatable bonds is 4. The fourth-order valence-electron chi connectivity index (χ4n) is 1.04. The molecule has 2 N–H and O–H groups in total. The molecule has 0 aliphatic heterocycles. The van der Waals surface area contributed by atoms with E-state index in [9.17, 15) is 9.59 Å². The van der Waals surface area contributed by atoms with Gasteiger partial charge in [-0.25, -0.2) is 4.79 Å². The van der Waals surface area contributed by atoms with Crippen LogP contribution in [-0.2, 0) is 9.53 Å². The number of methoxy groups -OCH3 is 1. The molecule has 5 nitrogen and oxygen atoms in total. The summed E-state index contributed by atoms with van der Waals surface area (Å²) < 4.78 is 4.44. The summed E-state index contributed by atoms with van der Waals surface area (Å²) in [5, 5.41) is 5.00. The highest BCUT2D eigenvalue weighted by molar-refractivity contribution is 5.85. The van der Waals surface area contributed by atoms with Gasteiger partial charge in [-0.15, -0.1) is 0 Å². The minimum Gasteiger partial charge on any atom is -0.453 e. The Balaban J connectivity index is 4.39. The zero-order valence-corrected chi connectivity index (χ0v) is 9.09. The molecule has 0 radical (unpaired) electrons. The van der Waals surface area contributed by atoms with Crippen LogP contribution in [0, 0.1) is 5.92 Å². The van der Waals surface area contributed by atoms with Crippen molar-refractivity contribution in [1.82, 2.24) is 10.6 Å². The van der Waals surface area contributed by atoms with E-state index in [1.165, 1.54) is 14.2 Å². The largest absolute Gasteiger partial charge is 0.453 e. The van der Waals surface area contributed by atoms with E-state index in [0.29, 0.717) is 0 Å². The second-order valence-electron chi connectivity index (χ2n) is 3.11. The van der Waals surface area contributed by atoms with E-state index in [4.69, 9.17) is 0 Å². The molecule has 0 bridgehead atoms. The average Bonchev–Trinajstić information content (AvgIpc) is 2.23. The molecule has 2 unspecified atom stereocenters. The molecule has 0 aromatic rings.